The van der Waals surface area contributed by atoms with Crippen LogP contribution in [0.25, 0.3) is 0 Å². The average Bonchev–Trinajstić information content (AvgIpc) is 1.57. The number of ether oxygens (including phenoxy) is 4. The van der Waals surface area contributed by atoms with Gasteiger partial charge in [-0.2, -0.15) is 0 Å². The quantitative estimate of drug-likeness (QED) is 0.0222. The number of esters is 4. The van der Waals surface area contributed by atoms with Crippen molar-refractivity contribution in [2.75, 3.05) is 39.6 Å². The van der Waals surface area contributed by atoms with Crippen LogP contribution in [0.15, 0.2) is 0 Å². The molecule has 0 aromatic heterocycles. The zero-order valence-electron chi connectivity index (χ0n) is 61.4. The number of aliphatic hydroxyl groups is 1. The minimum Gasteiger partial charge on any atom is -0.462 e. The predicted octanol–water partition coefficient (Wildman–Crippen LogP) is 21.8. The molecule has 0 spiro atoms. The first kappa shape index (κ1) is 92.1. The summed E-state index contributed by atoms with van der Waals surface area (Å²) in [6.45, 7) is 11.9. The van der Waals surface area contributed by atoms with Crippen LogP contribution >= 0.6 is 15.6 Å². The highest BCUT2D eigenvalue weighted by Crippen LogP contribution is 2.45. The Morgan fingerprint density at radius 3 is 0.723 bits per heavy atom. The molecule has 558 valence electrons. The molecule has 0 saturated carbocycles. The first-order valence-corrected chi connectivity index (χ1v) is 41.8. The molecule has 2 unspecified atom stereocenters. The van der Waals surface area contributed by atoms with Gasteiger partial charge in [0.05, 0.1) is 26.4 Å². The summed E-state index contributed by atoms with van der Waals surface area (Å²) < 4.78 is 68.5. The summed E-state index contributed by atoms with van der Waals surface area (Å²) in [5.74, 6) is 0.202. The molecular weight excluding hydrogens is 1230 g/mol. The molecule has 0 aliphatic rings. The third-order valence-corrected chi connectivity index (χ3v) is 19.3. The van der Waals surface area contributed by atoms with E-state index < -0.39 is 97.5 Å². The van der Waals surface area contributed by atoms with Crippen LogP contribution in [0.2, 0.25) is 0 Å². The number of rotatable bonds is 73. The molecule has 3 N–H and O–H groups in total. The molecule has 0 aromatic rings. The molecule has 17 nitrogen and oxygen atoms in total. The van der Waals surface area contributed by atoms with Gasteiger partial charge in [-0.05, 0) is 43.4 Å². The lowest BCUT2D eigenvalue weighted by atomic mass is 10.0. The zero-order valence-corrected chi connectivity index (χ0v) is 63.2. The zero-order chi connectivity index (χ0) is 69.4. The molecule has 5 atom stereocenters. The van der Waals surface area contributed by atoms with Crippen molar-refractivity contribution in [1.82, 2.24) is 0 Å². The molecule has 19 heteroatoms. The van der Waals surface area contributed by atoms with Crippen LogP contribution in [-0.4, -0.2) is 96.7 Å². The van der Waals surface area contributed by atoms with Crippen molar-refractivity contribution in [3.63, 3.8) is 0 Å². The lowest BCUT2D eigenvalue weighted by Crippen LogP contribution is -2.30. The number of phosphoric acid groups is 2. The van der Waals surface area contributed by atoms with Crippen molar-refractivity contribution < 1.29 is 80.2 Å². The average molecular weight is 1380 g/mol. The lowest BCUT2D eigenvalue weighted by Gasteiger charge is -2.21. The van der Waals surface area contributed by atoms with E-state index in [1.54, 1.807) is 0 Å². The second kappa shape index (κ2) is 65.7. The molecule has 0 heterocycles. The number of carbonyl (C=O) groups is 4. The minimum atomic E-state index is -4.96. The van der Waals surface area contributed by atoms with Crippen LogP contribution in [0, 0.1) is 17.8 Å². The van der Waals surface area contributed by atoms with Crippen LogP contribution in [0.1, 0.15) is 382 Å². The van der Waals surface area contributed by atoms with Crippen molar-refractivity contribution in [2.24, 2.45) is 17.8 Å². The largest absolute Gasteiger partial charge is 0.472 e. The first-order chi connectivity index (χ1) is 45.2. The number of aliphatic hydroxyl groups excluding tert-OH is 1. The van der Waals surface area contributed by atoms with Gasteiger partial charge >= 0.3 is 39.5 Å². The molecule has 0 amide bonds. The Balaban J connectivity index is 5.25. The van der Waals surface area contributed by atoms with Crippen LogP contribution in [0.4, 0.5) is 0 Å². The van der Waals surface area contributed by atoms with Gasteiger partial charge in [-0.15, -0.1) is 0 Å². The Morgan fingerprint density at radius 1 is 0.287 bits per heavy atom. The van der Waals surface area contributed by atoms with E-state index in [1.807, 2.05) is 0 Å². The molecular formula is C75H146O17P2. The highest BCUT2D eigenvalue weighted by Gasteiger charge is 2.30. The maximum Gasteiger partial charge on any atom is 0.472 e. The van der Waals surface area contributed by atoms with E-state index in [2.05, 4.69) is 48.5 Å². The maximum atomic E-state index is 13.1. The third-order valence-electron chi connectivity index (χ3n) is 17.4. The number of phosphoric ester groups is 2. The molecule has 0 bridgehead atoms. The summed E-state index contributed by atoms with van der Waals surface area (Å²) in [5, 5.41) is 10.6. The van der Waals surface area contributed by atoms with Gasteiger partial charge in [-0.1, -0.05) is 331 Å². The summed E-state index contributed by atoms with van der Waals surface area (Å²) >= 11 is 0. The number of hydrogen-bond donors (Lipinski definition) is 3. The Hall–Kier alpha value is -1.94. The highest BCUT2D eigenvalue weighted by molar-refractivity contribution is 7.47. The summed E-state index contributed by atoms with van der Waals surface area (Å²) in [6, 6.07) is 0. The van der Waals surface area contributed by atoms with Crippen molar-refractivity contribution in [3.05, 3.63) is 0 Å². The fraction of sp³-hybridized carbons (Fsp3) is 0.947. The van der Waals surface area contributed by atoms with E-state index in [0.29, 0.717) is 25.7 Å². The van der Waals surface area contributed by atoms with E-state index in [1.165, 1.54) is 193 Å². The topological polar surface area (TPSA) is 237 Å². The Kier molecular flexibility index (Phi) is 64.3. The van der Waals surface area contributed by atoms with E-state index in [0.717, 1.165) is 108 Å². The van der Waals surface area contributed by atoms with E-state index >= 15 is 0 Å². The Bertz CT molecular complexity index is 1840. The molecule has 0 rings (SSSR count). The van der Waals surface area contributed by atoms with Crippen LogP contribution in [-0.2, 0) is 65.4 Å². The Labute approximate surface area is 575 Å². The van der Waals surface area contributed by atoms with Crippen LogP contribution in [0.5, 0.6) is 0 Å². The number of hydrogen-bond acceptors (Lipinski definition) is 15. The van der Waals surface area contributed by atoms with Gasteiger partial charge in [0.2, 0.25) is 0 Å². The highest BCUT2D eigenvalue weighted by atomic mass is 31.2. The summed E-state index contributed by atoms with van der Waals surface area (Å²) in [7, 11) is -9.91. The maximum absolute atomic E-state index is 13.1. The van der Waals surface area contributed by atoms with Gasteiger partial charge in [0.1, 0.15) is 19.3 Å². The first-order valence-electron chi connectivity index (χ1n) is 38.8. The molecule has 0 aliphatic heterocycles. The monoisotopic (exact) mass is 1380 g/mol. The van der Waals surface area contributed by atoms with Crippen molar-refractivity contribution in [3.8, 4) is 0 Å². The molecule has 0 aromatic carbocycles. The SMILES string of the molecule is CCCCCCCCCCCCC(=O)OC[C@H](COP(=O)(O)OC[C@H](O)COP(=O)(O)OC[C@@H](COC(=O)CCCCCCCCCCCCCCC(C)C)OC(=O)CCCCCCCCCCCCCCCC(C)C)OC(=O)CCCCCCCCCCCCC(C)C. The molecule has 0 fully saturated rings. The normalized spacial score (nSPS) is 14.1. The summed E-state index contributed by atoms with van der Waals surface area (Å²) in [6.07, 6.45) is 51.2. The third kappa shape index (κ3) is 68.6. The molecule has 0 saturated heterocycles. The Morgan fingerprint density at radius 2 is 0.489 bits per heavy atom. The van der Waals surface area contributed by atoms with Crippen LogP contribution in [0.3, 0.4) is 0 Å². The minimum absolute atomic E-state index is 0.106. The van der Waals surface area contributed by atoms with Gasteiger partial charge in [0.25, 0.3) is 0 Å². The standard InChI is InChI=1S/C75H146O17P2/c1-8-9-10-11-12-13-28-35-42-49-56-72(77)85-62-70(92-75(80)59-52-45-38-31-24-23-27-34-41-48-55-68(6)7)64-89-93(81,82)87-60-69(76)61-88-94(83,84)90-65-71(63-86-73(78)57-50-43-36-29-21-18-17-20-26-33-40-47-54-67(4)5)91-74(79)58-51-44-37-30-22-16-14-15-19-25-32-39-46-53-66(2)3/h66-71,76H,8-65H2,1-7H3,(H,81,82)(H,83,84)/t69-,70+,71+/m0/s1. The van der Waals surface area contributed by atoms with Gasteiger partial charge < -0.3 is 33.8 Å². The van der Waals surface area contributed by atoms with Crippen molar-refractivity contribution in [1.29, 1.82) is 0 Å². The van der Waals surface area contributed by atoms with E-state index in [9.17, 15) is 43.2 Å². The fourth-order valence-corrected chi connectivity index (χ4v) is 13.0. The van der Waals surface area contributed by atoms with Crippen molar-refractivity contribution in [2.45, 2.75) is 401 Å². The van der Waals surface area contributed by atoms with Crippen molar-refractivity contribution >= 4 is 39.5 Å². The van der Waals surface area contributed by atoms with E-state index in [4.69, 9.17) is 37.0 Å². The second-order valence-corrected chi connectivity index (χ2v) is 31.4. The van der Waals surface area contributed by atoms with Gasteiger partial charge in [-0.25, -0.2) is 9.13 Å². The number of carbonyl (C=O) groups excluding carboxylic acids is 4. The molecule has 0 aliphatic carbocycles. The number of unbranched alkanes of at least 4 members (excludes halogenated alkanes) is 41. The fourth-order valence-electron chi connectivity index (χ4n) is 11.4. The second-order valence-electron chi connectivity index (χ2n) is 28.5. The van der Waals surface area contributed by atoms with E-state index in [-0.39, 0.29) is 25.7 Å². The molecule has 0 radical (unpaired) electrons. The molecule has 94 heavy (non-hydrogen) atoms. The van der Waals surface area contributed by atoms with Crippen LogP contribution < -0.4 is 0 Å². The summed E-state index contributed by atoms with van der Waals surface area (Å²) in [5.41, 5.74) is 0. The summed E-state index contributed by atoms with van der Waals surface area (Å²) in [4.78, 5) is 72.8. The smallest absolute Gasteiger partial charge is 0.462 e. The predicted molar refractivity (Wildman–Crippen MR) is 381 cm³/mol. The van der Waals surface area contributed by atoms with Gasteiger partial charge in [0.15, 0.2) is 12.2 Å². The van der Waals surface area contributed by atoms with Gasteiger partial charge in [-0.3, -0.25) is 37.3 Å². The lowest BCUT2D eigenvalue weighted by molar-refractivity contribution is -0.161. The van der Waals surface area contributed by atoms with Gasteiger partial charge in [0, 0.05) is 25.7 Å².